The van der Waals surface area contributed by atoms with Crippen LogP contribution in [0.25, 0.3) is 0 Å². The van der Waals surface area contributed by atoms with Crippen molar-refractivity contribution in [1.82, 2.24) is 0 Å². The number of rotatable bonds is 5. The lowest BCUT2D eigenvalue weighted by Crippen LogP contribution is -2.39. The van der Waals surface area contributed by atoms with Gasteiger partial charge in [-0.15, -0.1) is 0 Å². The summed E-state index contributed by atoms with van der Waals surface area (Å²) in [4.78, 5) is 22.0. The monoisotopic (exact) mass is 200 g/mol. The lowest BCUT2D eigenvalue weighted by Gasteiger charge is -2.24. The summed E-state index contributed by atoms with van der Waals surface area (Å²) >= 11 is 0. The van der Waals surface area contributed by atoms with Crippen LogP contribution in [-0.2, 0) is 9.59 Å². The van der Waals surface area contributed by atoms with Gasteiger partial charge in [-0.3, -0.25) is 9.59 Å². The van der Waals surface area contributed by atoms with Gasteiger partial charge < -0.3 is 10.2 Å². The molecule has 0 atom stereocenters. The molecule has 0 aliphatic rings. The third-order valence-electron chi connectivity index (χ3n) is 2.44. The number of hydrogen-bond donors (Lipinski definition) is 2. The van der Waals surface area contributed by atoms with Crippen LogP contribution in [0.1, 0.15) is 33.6 Å². The van der Waals surface area contributed by atoms with E-state index in [1.165, 1.54) is 0 Å². The zero-order chi connectivity index (χ0) is 11.4. The summed E-state index contributed by atoms with van der Waals surface area (Å²) in [6.07, 6.45) is 2.33. The van der Waals surface area contributed by atoms with Crippen molar-refractivity contribution < 1.29 is 19.8 Å². The highest BCUT2D eigenvalue weighted by Gasteiger charge is 2.46. The van der Waals surface area contributed by atoms with E-state index in [0.29, 0.717) is 12.0 Å². The Labute approximate surface area is 83.2 Å². The average molecular weight is 200 g/mol. The van der Waals surface area contributed by atoms with Crippen LogP contribution in [0.4, 0.5) is 0 Å². The molecule has 0 unspecified atom stereocenters. The molecule has 0 radical (unpaired) electrons. The van der Waals surface area contributed by atoms with Crippen molar-refractivity contribution in [3.63, 3.8) is 0 Å². The Morgan fingerprint density at radius 1 is 1.21 bits per heavy atom. The first-order valence-corrected chi connectivity index (χ1v) is 4.57. The first-order valence-electron chi connectivity index (χ1n) is 4.57. The van der Waals surface area contributed by atoms with Crippen LogP contribution in [-0.4, -0.2) is 22.2 Å². The van der Waals surface area contributed by atoms with E-state index in [9.17, 15) is 9.59 Å². The number of carbonyl (C=O) groups is 2. The molecule has 0 aromatic heterocycles. The molecule has 0 aromatic carbocycles. The van der Waals surface area contributed by atoms with E-state index < -0.39 is 17.4 Å². The van der Waals surface area contributed by atoms with E-state index in [0.717, 1.165) is 0 Å². The Bertz CT molecular complexity index is 251. The number of carboxylic acids is 2. The molecular formula is C10H16O4. The molecule has 0 saturated carbocycles. The van der Waals surface area contributed by atoms with E-state index in [-0.39, 0.29) is 6.42 Å². The Morgan fingerprint density at radius 3 is 1.86 bits per heavy atom. The molecular weight excluding hydrogens is 184 g/mol. The predicted octanol–water partition coefficient (Wildman–Crippen LogP) is 1.91. The van der Waals surface area contributed by atoms with Crippen molar-refractivity contribution in [3.8, 4) is 0 Å². The van der Waals surface area contributed by atoms with Gasteiger partial charge in [0.25, 0.3) is 0 Å². The Morgan fingerprint density at radius 2 is 1.64 bits per heavy atom. The second kappa shape index (κ2) is 4.79. The number of carboxylic acid groups (broad SMARTS) is 2. The summed E-state index contributed by atoms with van der Waals surface area (Å²) in [7, 11) is 0. The third kappa shape index (κ3) is 1.95. The molecule has 4 nitrogen and oxygen atoms in total. The summed E-state index contributed by atoms with van der Waals surface area (Å²) in [6, 6.07) is 0. The molecule has 0 aliphatic heterocycles. The minimum Gasteiger partial charge on any atom is -0.480 e. The molecule has 0 saturated heterocycles. The topological polar surface area (TPSA) is 74.6 Å². The third-order valence-corrected chi connectivity index (χ3v) is 2.44. The van der Waals surface area contributed by atoms with Crippen LogP contribution >= 0.6 is 0 Å². The largest absolute Gasteiger partial charge is 0.480 e. The zero-order valence-electron chi connectivity index (χ0n) is 8.70. The Hall–Kier alpha value is -1.32. The molecule has 0 amide bonds. The van der Waals surface area contributed by atoms with Crippen LogP contribution in [0, 0.1) is 5.41 Å². The highest BCUT2D eigenvalue weighted by molar-refractivity contribution is 6.01. The van der Waals surface area contributed by atoms with Gasteiger partial charge in [-0.2, -0.15) is 0 Å². The maximum Gasteiger partial charge on any atom is 0.325 e. The second-order valence-electron chi connectivity index (χ2n) is 3.16. The summed E-state index contributed by atoms with van der Waals surface area (Å²) in [5.74, 6) is -2.59. The molecule has 0 aliphatic carbocycles. The van der Waals surface area contributed by atoms with E-state index in [2.05, 4.69) is 0 Å². The Kier molecular flexibility index (Phi) is 4.34. The second-order valence-corrected chi connectivity index (χ2v) is 3.16. The summed E-state index contributed by atoms with van der Waals surface area (Å²) in [5.41, 5.74) is -1.36. The van der Waals surface area contributed by atoms with Gasteiger partial charge in [0.05, 0.1) is 0 Å². The highest BCUT2D eigenvalue weighted by Crippen LogP contribution is 2.32. The standard InChI is InChI=1S/C10H16O4/c1-4-6-7(3)10(5-2,8(11)12)9(13)14/h6H,4-5H2,1-3H3,(H,11,12)(H,13,14). The van der Waals surface area contributed by atoms with Crippen molar-refractivity contribution in [3.05, 3.63) is 11.6 Å². The van der Waals surface area contributed by atoms with Gasteiger partial charge in [-0.1, -0.05) is 19.9 Å². The molecule has 0 rings (SSSR count). The fraction of sp³-hybridized carbons (Fsp3) is 0.600. The minimum atomic E-state index is -1.75. The number of allylic oxidation sites excluding steroid dienone is 1. The maximum atomic E-state index is 11.0. The predicted molar refractivity (Wildman–Crippen MR) is 52.0 cm³/mol. The fourth-order valence-corrected chi connectivity index (χ4v) is 1.49. The van der Waals surface area contributed by atoms with Gasteiger partial charge in [0, 0.05) is 0 Å². The average Bonchev–Trinajstić information content (AvgIpc) is 2.05. The molecule has 0 bridgehead atoms. The lowest BCUT2D eigenvalue weighted by atomic mass is 9.78. The van der Waals surface area contributed by atoms with Gasteiger partial charge >= 0.3 is 11.9 Å². The maximum absolute atomic E-state index is 11.0. The number of aliphatic carboxylic acids is 2. The van der Waals surface area contributed by atoms with Crippen LogP contribution in [0.2, 0.25) is 0 Å². The fourth-order valence-electron chi connectivity index (χ4n) is 1.49. The van der Waals surface area contributed by atoms with Crippen molar-refractivity contribution in [2.45, 2.75) is 33.6 Å². The van der Waals surface area contributed by atoms with Crippen LogP contribution in [0.5, 0.6) is 0 Å². The smallest absolute Gasteiger partial charge is 0.325 e. The van der Waals surface area contributed by atoms with E-state index >= 15 is 0 Å². The van der Waals surface area contributed by atoms with Crippen molar-refractivity contribution in [1.29, 1.82) is 0 Å². The molecule has 14 heavy (non-hydrogen) atoms. The molecule has 0 spiro atoms. The van der Waals surface area contributed by atoms with Crippen LogP contribution < -0.4 is 0 Å². The van der Waals surface area contributed by atoms with E-state index in [1.54, 1.807) is 19.9 Å². The lowest BCUT2D eigenvalue weighted by molar-refractivity contribution is -0.161. The van der Waals surface area contributed by atoms with Crippen LogP contribution in [0.15, 0.2) is 11.6 Å². The molecule has 0 heterocycles. The molecule has 2 N–H and O–H groups in total. The normalized spacial score (nSPS) is 12.6. The van der Waals surface area contributed by atoms with E-state index in [1.807, 2.05) is 6.92 Å². The van der Waals surface area contributed by atoms with Crippen molar-refractivity contribution >= 4 is 11.9 Å². The SMILES string of the molecule is CCC=C(C)C(CC)(C(=O)O)C(=O)O. The van der Waals surface area contributed by atoms with Crippen LogP contribution in [0.3, 0.4) is 0 Å². The summed E-state index contributed by atoms with van der Waals surface area (Å²) in [5, 5.41) is 17.9. The highest BCUT2D eigenvalue weighted by atomic mass is 16.4. The zero-order valence-corrected chi connectivity index (χ0v) is 8.70. The minimum absolute atomic E-state index is 0.0556. The molecule has 0 aromatic rings. The molecule has 80 valence electrons. The quantitative estimate of drug-likeness (QED) is 0.525. The molecule has 0 fully saturated rings. The Balaban J connectivity index is 5.36. The van der Waals surface area contributed by atoms with E-state index in [4.69, 9.17) is 10.2 Å². The van der Waals surface area contributed by atoms with Crippen molar-refractivity contribution in [2.24, 2.45) is 5.41 Å². The summed E-state index contributed by atoms with van der Waals surface area (Å²) < 4.78 is 0. The van der Waals surface area contributed by atoms with Gasteiger partial charge in [0.15, 0.2) is 5.41 Å². The first kappa shape index (κ1) is 12.7. The molecule has 4 heteroatoms. The van der Waals surface area contributed by atoms with Gasteiger partial charge in [-0.25, -0.2) is 0 Å². The first-order chi connectivity index (χ1) is 6.43. The van der Waals surface area contributed by atoms with Gasteiger partial charge in [-0.05, 0) is 25.3 Å². The number of hydrogen-bond acceptors (Lipinski definition) is 2. The van der Waals surface area contributed by atoms with Gasteiger partial charge in [0.1, 0.15) is 0 Å². The van der Waals surface area contributed by atoms with Gasteiger partial charge in [0.2, 0.25) is 0 Å². The summed E-state index contributed by atoms with van der Waals surface area (Å²) in [6.45, 7) is 4.96. The van der Waals surface area contributed by atoms with Crippen molar-refractivity contribution in [2.75, 3.05) is 0 Å².